The molecule has 0 saturated carbocycles. The maximum absolute atomic E-state index is 12.8. The third-order valence-electron chi connectivity index (χ3n) is 3.47. The van der Waals surface area contributed by atoms with Crippen LogP contribution < -0.4 is 10.6 Å². The van der Waals surface area contributed by atoms with E-state index in [-0.39, 0.29) is 18.0 Å². The fourth-order valence-electron chi connectivity index (χ4n) is 2.31. The molecular weight excluding hydrogens is 299 g/mol. The molecule has 0 aliphatic carbocycles. The number of carbonyl (C=O) groups is 2. The third-order valence-corrected chi connectivity index (χ3v) is 3.47. The number of nitrogens with one attached hydrogen (secondary N) is 2. The SMILES string of the molecule is O=C1CCCC[C@H](C(=O)NCc2ccncc2C(F)(F)F)N1. The summed E-state index contributed by atoms with van der Waals surface area (Å²) in [5.41, 5.74) is -0.934. The van der Waals surface area contributed by atoms with Crippen LogP contribution in [0.5, 0.6) is 0 Å². The Bertz CT molecular complexity index is 561. The molecule has 2 amide bonds. The predicted molar refractivity (Wildman–Crippen MR) is 71.5 cm³/mol. The molecule has 0 unspecified atom stereocenters. The second kappa shape index (κ2) is 6.76. The summed E-state index contributed by atoms with van der Waals surface area (Å²) in [6.07, 6.45) is -0.269. The number of aromatic nitrogens is 1. The van der Waals surface area contributed by atoms with Crippen molar-refractivity contribution in [1.29, 1.82) is 0 Å². The summed E-state index contributed by atoms with van der Waals surface area (Å²) < 4.78 is 38.5. The van der Waals surface area contributed by atoms with Gasteiger partial charge < -0.3 is 10.6 Å². The average Bonchev–Trinajstić information content (AvgIpc) is 2.69. The van der Waals surface area contributed by atoms with Gasteiger partial charge in [0, 0.05) is 25.4 Å². The van der Waals surface area contributed by atoms with Gasteiger partial charge in [-0.1, -0.05) is 6.42 Å². The summed E-state index contributed by atoms with van der Waals surface area (Å²) in [5, 5.41) is 5.02. The molecule has 5 nitrogen and oxygen atoms in total. The molecule has 2 N–H and O–H groups in total. The lowest BCUT2D eigenvalue weighted by Crippen LogP contribution is -2.45. The molecule has 0 spiro atoms. The number of alkyl halides is 3. The number of hydrogen-bond donors (Lipinski definition) is 2. The Balaban J connectivity index is 2.01. The Hall–Kier alpha value is -2.12. The number of carbonyl (C=O) groups excluding carboxylic acids is 2. The highest BCUT2D eigenvalue weighted by molar-refractivity contribution is 5.87. The number of rotatable bonds is 3. The third kappa shape index (κ3) is 4.19. The molecule has 0 aromatic carbocycles. The Kier molecular flexibility index (Phi) is 4.99. The smallest absolute Gasteiger partial charge is 0.350 e. The summed E-state index contributed by atoms with van der Waals surface area (Å²) in [5.74, 6) is -0.683. The maximum atomic E-state index is 12.8. The monoisotopic (exact) mass is 315 g/mol. The van der Waals surface area contributed by atoms with E-state index in [1.165, 1.54) is 12.3 Å². The second-order valence-electron chi connectivity index (χ2n) is 5.11. The van der Waals surface area contributed by atoms with Crippen molar-refractivity contribution in [2.45, 2.75) is 44.4 Å². The van der Waals surface area contributed by atoms with Crippen LogP contribution >= 0.6 is 0 Å². The average molecular weight is 315 g/mol. The van der Waals surface area contributed by atoms with Crippen molar-refractivity contribution in [3.63, 3.8) is 0 Å². The van der Waals surface area contributed by atoms with Crippen LogP contribution in [0.15, 0.2) is 18.5 Å². The molecular formula is C14H16F3N3O2. The van der Waals surface area contributed by atoms with Crippen LogP contribution in [0.2, 0.25) is 0 Å². The topological polar surface area (TPSA) is 71.1 Å². The van der Waals surface area contributed by atoms with E-state index in [1.54, 1.807) is 0 Å². The minimum absolute atomic E-state index is 0.0594. The van der Waals surface area contributed by atoms with Crippen LogP contribution in [0.4, 0.5) is 13.2 Å². The molecule has 120 valence electrons. The zero-order chi connectivity index (χ0) is 16.2. The van der Waals surface area contributed by atoms with E-state index >= 15 is 0 Å². The van der Waals surface area contributed by atoms with Gasteiger partial charge in [-0.05, 0) is 24.5 Å². The number of pyridine rings is 1. The summed E-state index contributed by atoms with van der Waals surface area (Å²) in [7, 11) is 0. The van der Waals surface area contributed by atoms with Gasteiger partial charge in [0.25, 0.3) is 0 Å². The normalized spacial score (nSPS) is 19.2. The van der Waals surface area contributed by atoms with Gasteiger partial charge in [0.1, 0.15) is 6.04 Å². The van der Waals surface area contributed by atoms with Crippen LogP contribution in [-0.2, 0) is 22.3 Å². The van der Waals surface area contributed by atoms with E-state index < -0.39 is 23.7 Å². The molecule has 1 aliphatic rings. The molecule has 1 saturated heterocycles. The fourth-order valence-corrected chi connectivity index (χ4v) is 2.31. The molecule has 2 rings (SSSR count). The standard InChI is InChI=1S/C14H16F3N3O2/c15-14(16,17)10-8-18-6-5-9(10)7-19-13(22)11-3-1-2-4-12(21)20-11/h5-6,8,11H,1-4,7H2,(H,19,22)(H,20,21)/t11-/m1/s1. The number of hydrogen-bond acceptors (Lipinski definition) is 3. The second-order valence-corrected chi connectivity index (χ2v) is 5.11. The number of amides is 2. The van der Waals surface area contributed by atoms with Crippen LogP contribution in [-0.4, -0.2) is 22.8 Å². The minimum atomic E-state index is -4.52. The highest BCUT2D eigenvalue weighted by atomic mass is 19.4. The summed E-state index contributed by atoms with van der Waals surface area (Å²) >= 11 is 0. The van der Waals surface area contributed by atoms with Gasteiger partial charge in [0.2, 0.25) is 11.8 Å². The molecule has 1 aromatic heterocycles. The molecule has 1 aromatic rings. The molecule has 0 radical (unpaired) electrons. The van der Waals surface area contributed by atoms with E-state index in [0.717, 1.165) is 12.6 Å². The molecule has 0 bridgehead atoms. The predicted octanol–water partition coefficient (Wildman–Crippen LogP) is 1.78. The number of halogens is 3. The van der Waals surface area contributed by atoms with Crippen LogP contribution in [0.3, 0.4) is 0 Å². The molecule has 1 fully saturated rings. The van der Waals surface area contributed by atoms with E-state index in [2.05, 4.69) is 15.6 Å². The first-order valence-corrected chi connectivity index (χ1v) is 6.95. The van der Waals surface area contributed by atoms with Gasteiger partial charge in [-0.15, -0.1) is 0 Å². The van der Waals surface area contributed by atoms with Crippen molar-refractivity contribution in [1.82, 2.24) is 15.6 Å². The minimum Gasteiger partial charge on any atom is -0.350 e. The quantitative estimate of drug-likeness (QED) is 0.893. The highest BCUT2D eigenvalue weighted by Gasteiger charge is 2.33. The van der Waals surface area contributed by atoms with E-state index in [9.17, 15) is 22.8 Å². The van der Waals surface area contributed by atoms with Crippen LogP contribution in [0.1, 0.15) is 36.8 Å². The Labute approximate surface area is 125 Å². The molecule has 1 atom stereocenters. The first kappa shape index (κ1) is 16.3. The largest absolute Gasteiger partial charge is 0.418 e. The van der Waals surface area contributed by atoms with Crippen molar-refractivity contribution >= 4 is 11.8 Å². The molecule has 2 heterocycles. The molecule has 1 aliphatic heterocycles. The zero-order valence-corrected chi connectivity index (χ0v) is 11.7. The van der Waals surface area contributed by atoms with Gasteiger partial charge in [-0.3, -0.25) is 14.6 Å². The van der Waals surface area contributed by atoms with E-state index in [1.807, 2.05) is 0 Å². The van der Waals surface area contributed by atoms with Gasteiger partial charge in [-0.2, -0.15) is 13.2 Å². The zero-order valence-electron chi connectivity index (χ0n) is 11.7. The maximum Gasteiger partial charge on any atom is 0.418 e. The van der Waals surface area contributed by atoms with Crippen LogP contribution in [0.25, 0.3) is 0 Å². The fraction of sp³-hybridized carbons (Fsp3) is 0.500. The Morgan fingerprint density at radius 3 is 2.91 bits per heavy atom. The molecule has 8 heteroatoms. The van der Waals surface area contributed by atoms with Crippen LogP contribution in [0, 0.1) is 0 Å². The van der Waals surface area contributed by atoms with E-state index in [0.29, 0.717) is 19.3 Å². The van der Waals surface area contributed by atoms with Crippen molar-refractivity contribution < 1.29 is 22.8 Å². The van der Waals surface area contributed by atoms with Gasteiger partial charge in [-0.25, -0.2) is 0 Å². The highest BCUT2D eigenvalue weighted by Crippen LogP contribution is 2.31. The Morgan fingerprint density at radius 2 is 2.18 bits per heavy atom. The number of nitrogens with zero attached hydrogens (tertiary/aromatic N) is 1. The van der Waals surface area contributed by atoms with Crippen molar-refractivity contribution in [3.8, 4) is 0 Å². The first-order valence-electron chi connectivity index (χ1n) is 6.95. The summed E-state index contributed by atoms with van der Waals surface area (Å²) in [4.78, 5) is 26.9. The van der Waals surface area contributed by atoms with Gasteiger partial charge >= 0.3 is 6.18 Å². The first-order chi connectivity index (χ1) is 10.4. The summed E-state index contributed by atoms with van der Waals surface area (Å²) in [6.45, 7) is -0.261. The lowest BCUT2D eigenvalue weighted by molar-refractivity contribution is -0.138. The van der Waals surface area contributed by atoms with E-state index in [4.69, 9.17) is 0 Å². The lowest BCUT2D eigenvalue weighted by atomic mass is 10.1. The lowest BCUT2D eigenvalue weighted by Gasteiger charge is -2.17. The van der Waals surface area contributed by atoms with Crippen molar-refractivity contribution in [2.24, 2.45) is 0 Å². The van der Waals surface area contributed by atoms with Crippen molar-refractivity contribution in [2.75, 3.05) is 0 Å². The van der Waals surface area contributed by atoms with Crippen molar-refractivity contribution in [3.05, 3.63) is 29.6 Å². The molecule has 22 heavy (non-hydrogen) atoms. The van der Waals surface area contributed by atoms with Gasteiger partial charge in [0.05, 0.1) is 5.56 Å². The van der Waals surface area contributed by atoms with Gasteiger partial charge in [0.15, 0.2) is 0 Å². The Morgan fingerprint density at radius 1 is 1.41 bits per heavy atom. The summed E-state index contributed by atoms with van der Waals surface area (Å²) in [6, 6.07) is 0.528.